The first-order valence-corrected chi connectivity index (χ1v) is 14.0. The predicted octanol–water partition coefficient (Wildman–Crippen LogP) is 6.94. The number of ether oxygens (including phenoxy) is 3. The molecule has 0 unspecified atom stereocenters. The Morgan fingerprint density at radius 2 is 1.45 bits per heavy atom. The van der Waals surface area contributed by atoms with Gasteiger partial charge in [0, 0.05) is 5.92 Å². The molecule has 0 radical (unpaired) electrons. The van der Waals surface area contributed by atoms with Crippen LogP contribution < -0.4 is 0 Å². The first kappa shape index (κ1) is 26.5. The van der Waals surface area contributed by atoms with Gasteiger partial charge < -0.3 is 14.2 Å². The minimum atomic E-state index is -1.31. The van der Waals surface area contributed by atoms with Crippen molar-refractivity contribution in [3.8, 4) is 6.07 Å². The zero-order valence-electron chi connectivity index (χ0n) is 21.2. The van der Waals surface area contributed by atoms with Gasteiger partial charge >= 0.3 is 5.97 Å². The van der Waals surface area contributed by atoms with Crippen molar-refractivity contribution < 1.29 is 19.0 Å². The quantitative estimate of drug-likeness (QED) is 0.246. The lowest BCUT2D eigenvalue weighted by molar-refractivity contribution is -0.247. The maximum Gasteiger partial charge on any atom is 0.331 e. The van der Waals surface area contributed by atoms with Crippen LogP contribution in [-0.2, 0) is 19.0 Å². The minimum absolute atomic E-state index is 0.0642. The summed E-state index contributed by atoms with van der Waals surface area (Å²) in [5.74, 6) is 1.53. The van der Waals surface area contributed by atoms with E-state index in [1.54, 1.807) is 0 Å². The Labute approximate surface area is 201 Å². The van der Waals surface area contributed by atoms with Crippen LogP contribution in [0.3, 0.4) is 0 Å². The molecule has 0 aromatic rings. The van der Waals surface area contributed by atoms with Crippen LogP contribution in [0.2, 0.25) is 0 Å². The summed E-state index contributed by atoms with van der Waals surface area (Å²) in [4.78, 5) is 13.0. The summed E-state index contributed by atoms with van der Waals surface area (Å²) < 4.78 is 17.8. The summed E-state index contributed by atoms with van der Waals surface area (Å²) in [5.41, 5.74) is -1.31. The van der Waals surface area contributed by atoms with Crippen LogP contribution >= 0.6 is 0 Å². The highest BCUT2D eigenvalue weighted by Crippen LogP contribution is 2.38. The molecule has 1 heterocycles. The average Bonchev–Trinajstić information content (AvgIpc) is 2.85. The van der Waals surface area contributed by atoms with Crippen molar-refractivity contribution in [3.05, 3.63) is 0 Å². The van der Waals surface area contributed by atoms with Gasteiger partial charge in [0.15, 0.2) is 6.29 Å². The second-order valence-corrected chi connectivity index (χ2v) is 11.0. The Hall–Kier alpha value is -1.12. The van der Waals surface area contributed by atoms with Crippen molar-refractivity contribution in [2.45, 2.75) is 129 Å². The van der Waals surface area contributed by atoms with E-state index in [-0.39, 0.29) is 25.6 Å². The van der Waals surface area contributed by atoms with E-state index in [1.165, 1.54) is 64.2 Å². The minimum Gasteiger partial charge on any atom is -0.461 e. The van der Waals surface area contributed by atoms with Crippen LogP contribution in [0.4, 0.5) is 0 Å². The van der Waals surface area contributed by atoms with E-state index in [0.717, 1.165) is 50.4 Å². The van der Waals surface area contributed by atoms with Crippen LogP contribution in [0.15, 0.2) is 0 Å². The number of carbonyl (C=O) groups is 1. The molecular weight excluding hydrogens is 414 g/mol. The second kappa shape index (κ2) is 13.7. The van der Waals surface area contributed by atoms with Gasteiger partial charge in [-0.3, -0.25) is 4.79 Å². The molecule has 0 N–H and O–H groups in total. The van der Waals surface area contributed by atoms with E-state index in [2.05, 4.69) is 19.9 Å². The maximum atomic E-state index is 13.0. The van der Waals surface area contributed by atoms with E-state index in [0.29, 0.717) is 5.92 Å². The van der Waals surface area contributed by atoms with E-state index in [4.69, 9.17) is 14.2 Å². The fourth-order valence-electron chi connectivity index (χ4n) is 6.04. The fraction of sp³-hybridized carbons (Fsp3) is 0.929. The van der Waals surface area contributed by atoms with Crippen LogP contribution in [-0.4, -0.2) is 31.6 Å². The van der Waals surface area contributed by atoms with Crippen LogP contribution in [0.5, 0.6) is 0 Å². The number of rotatable bonds is 11. The number of carbonyl (C=O) groups excluding carboxylic acids is 1. The Morgan fingerprint density at radius 3 is 2.06 bits per heavy atom. The third kappa shape index (κ3) is 7.69. The molecule has 2 aliphatic carbocycles. The zero-order valence-corrected chi connectivity index (χ0v) is 21.2. The normalized spacial score (nSPS) is 35.0. The highest BCUT2D eigenvalue weighted by atomic mass is 16.7. The molecule has 1 aliphatic heterocycles. The molecule has 0 aromatic carbocycles. The smallest absolute Gasteiger partial charge is 0.331 e. The molecule has 3 rings (SSSR count). The van der Waals surface area contributed by atoms with Crippen LogP contribution in [0.25, 0.3) is 0 Å². The van der Waals surface area contributed by atoms with Gasteiger partial charge in [-0.15, -0.1) is 0 Å². The van der Waals surface area contributed by atoms with Crippen molar-refractivity contribution in [2.75, 3.05) is 13.2 Å². The number of esters is 1. The van der Waals surface area contributed by atoms with E-state index in [9.17, 15) is 10.1 Å². The molecule has 1 saturated heterocycles. The molecule has 33 heavy (non-hydrogen) atoms. The molecule has 188 valence electrons. The Kier molecular flexibility index (Phi) is 11.0. The van der Waals surface area contributed by atoms with Gasteiger partial charge in [-0.2, -0.15) is 5.26 Å². The van der Waals surface area contributed by atoms with Gasteiger partial charge in [-0.25, -0.2) is 0 Å². The van der Waals surface area contributed by atoms with Crippen LogP contribution in [0.1, 0.15) is 117 Å². The van der Waals surface area contributed by atoms with Crippen molar-refractivity contribution in [1.29, 1.82) is 5.26 Å². The number of hydrogen-bond donors (Lipinski definition) is 0. The lowest BCUT2D eigenvalue weighted by Gasteiger charge is -2.40. The Bertz CT molecular complexity index is 606. The lowest BCUT2D eigenvalue weighted by Crippen LogP contribution is -2.50. The Balaban J connectivity index is 1.37. The number of nitrogens with zero attached hydrogens (tertiary/aromatic N) is 1. The predicted molar refractivity (Wildman–Crippen MR) is 129 cm³/mol. The van der Waals surface area contributed by atoms with Crippen LogP contribution in [0, 0.1) is 34.5 Å². The second-order valence-electron chi connectivity index (χ2n) is 11.0. The van der Waals surface area contributed by atoms with Gasteiger partial charge in [0.2, 0.25) is 5.41 Å². The highest BCUT2D eigenvalue weighted by Gasteiger charge is 2.48. The Morgan fingerprint density at radius 1 is 0.848 bits per heavy atom. The third-order valence-electron chi connectivity index (χ3n) is 8.35. The van der Waals surface area contributed by atoms with Gasteiger partial charge in [-0.05, 0) is 63.2 Å². The largest absolute Gasteiger partial charge is 0.461 e. The SMILES string of the molecule is CCCCCCCC1CCC(OC(=O)C2(C#N)COC(C3CCC(CCC)CC3)OC2)CC1. The summed E-state index contributed by atoms with van der Waals surface area (Å²) in [6, 6.07) is 2.18. The molecule has 3 fully saturated rings. The molecular formula is C28H47NO4. The summed E-state index contributed by atoms with van der Waals surface area (Å²) in [6.07, 6.45) is 18.9. The molecule has 5 heteroatoms. The molecule has 0 spiro atoms. The molecule has 5 nitrogen and oxygen atoms in total. The van der Waals surface area contributed by atoms with Gasteiger partial charge in [0.1, 0.15) is 6.10 Å². The molecule has 0 amide bonds. The summed E-state index contributed by atoms with van der Waals surface area (Å²) in [5, 5.41) is 9.82. The highest BCUT2D eigenvalue weighted by molar-refractivity contribution is 5.80. The van der Waals surface area contributed by atoms with Crippen molar-refractivity contribution >= 4 is 5.97 Å². The van der Waals surface area contributed by atoms with Crippen molar-refractivity contribution in [3.63, 3.8) is 0 Å². The van der Waals surface area contributed by atoms with E-state index >= 15 is 0 Å². The fourth-order valence-corrected chi connectivity index (χ4v) is 6.04. The summed E-state index contributed by atoms with van der Waals surface area (Å²) in [6.45, 7) is 4.69. The monoisotopic (exact) mass is 461 g/mol. The topological polar surface area (TPSA) is 68.6 Å². The molecule has 0 bridgehead atoms. The first-order chi connectivity index (χ1) is 16.1. The number of unbranched alkanes of at least 4 members (excludes halogenated alkanes) is 4. The average molecular weight is 462 g/mol. The van der Waals surface area contributed by atoms with Gasteiger partial charge in [0.05, 0.1) is 19.3 Å². The first-order valence-electron chi connectivity index (χ1n) is 14.0. The lowest BCUT2D eigenvalue weighted by atomic mass is 9.79. The van der Waals surface area contributed by atoms with E-state index < -0.39 is 11.4 Å². The molecule has 2 saturated carbocycles. The van der Waals surface area contributed by atoms with Crippen molar-refractivity contribution in [2.24, 2.45) is 23.2 Å². The van der Waals surface area contributed by atoms with Crippen molar-refractivity contribution in [1.82, 2.24) is 0 Å². The standard InChI is InChI=1S/C28H47NO4/c1-3-5-6-7-8-10-23-13-17-25(18-14-23)33-27(30)28(19-29)20-31-26(32-21-28)24-15-11-22(9-4-2)12-16-24/h22-26H,3-18,20-21H2,1-2H3. The maximum absolute atomic E-state index is 13.0. The zero-order chi connectivity index (χ0) is 23.5. The molecule has 0 aromatic heterocycles. The number of nitriles is 1. The van der Waals surface area contributed by atoms with Gasteiger partial charge in [0.25, 0.3) is 0 Å². The molecule has 0 atom stereocenters. The number of hydrogen-bond acceptors (Lipinski definition) is 5. The van der Waals surface area contributed by atoms with E-state index in [1.807, 2.05) is 0 Å². The van der Waals surface area contributed by atoms with Gasteiger partial charge in [-0.1, -0.05) is 65.2 Å². The summed E-state index contributed by atoms with van der Waals surface area (Å²) >= 11 is 0. The third-order valence-corrected chi connectivity index (χ3v) is 8.35. The summed E-state index contributed by atoms with van der Waals surface area (Å²) in [7, 11) is 0. The molecule has 3 aliphatic rings.